The van der Waals surface area contributed by atoms with Crippen LogP contribution >= 0.6 is 0 Å². The molecule has 0 radical (unpaired) electrons. The SMILES string of the molecule is C[C@H](NC(=O)C(C)(C)Oc1ccc(C(F)(F)F)cn1)[C@@H](Cc1ccc(OCC[18F])cc1)c1cccc(C#N)c1. The third-order valence-electron chi connectivity index (χ3n) is 6.10. The van der Waals surface area contributed by atoms with E-state index in [2.05, 4.69) is 16.4 Å². The number of halogens is 4. The molecule has 10 heteroatoms. The van der Waals surface area contributed by atoms with E-state index in [0.717, 1.165) is 23.3 Å². The van der Waals surface area contributed by atoms with Gasteiger partial charge in [-0.3, -0.25) is 4.79 Å². The summed E-state index contributed by atoms with van der Waals surface area (Å²) in [6.07, 6.45) is -3.38. The van der Waals surface area contributed by atoms with Crippen LogP contribution in [0.15, 0.2) is 66.9 Å². The van der Waals surface area contributed by atoms with Crippen LogP contribution in [0.5, 0.6) is 11.6 Å². The van der Waals surface area contributed by atoms with Crippen molar-refractivity contribution in [2.75, 3.05) is 13.3 Å². The van der Waals surface area contributed by atoms with E-state index < -0.39 is 36.0 Å². The fourth-order valence-corrected chi connectivity index (χ4v) is 3.95. The van der Waals surface area contributed by atoms with E-state index >= 15 is 0 Å². The van der Waals surface area contributed by atoms with Gasteiger partial charge in [0.1, 0.15) is 19.0 Å². The van der Waals surface area contributed by atoms with Gasteiger partial charge >= 0.3 is 6.18 Å². The highest BCUT2D eigenvalue weighted by Gasteiger charge is 2.34. The van der Waals surface area contributed by atoms with Gasteiger partial charge in [0.05, 0.1) is 17.2 Å². The van der Waals surface area contributed by atoms with Crippen LogP contribution in [0.25, 0.3) is 0 Å². The van der Waals surface area contributed by atoms with Crippen molar-refractivity contribution in [3.05, 3.63) is 89.1 Å². The molecule has 0 unspecified atom stereocenters. The normalized spacial score (nSPS) is 13.2. The Kier molecular flexibility index (Phi) is 9.51. The van der Waals surface area contributed by atoms with Gasteiger partial charge in [-0.05, 0) is 68.7 Å². The van der Waals surface area contributed by atoms with Crippen LogP contribution in [0.2, 0.25) is 0 Å². The van der Waals surface area contributed by atoms with E-state index in [1.165, 1.54) is 13.8 Å². The zero-order chi connectivity index (χ0) is 28.6. The Labute approximate surface area is 224 Å². The van der Waals surface area contributed by atoms with Crippen LogP contribution in [0.1, 0.15) is 48.9 Å². The molecular formula is C29H29F4N3O3. The van der Waals surface area contributed by atoms with Gasteiger partial charge in [-0.15, -0.1) is 0 Å². The highest BCUT2D eigenvalue weighted by Crippen LogP contribution is 2.30. The minimum atomic E-state index is -4.53. The third-order valence-corrected chi connectivity index (χ3v) is 6.10. The number of rotatable bonds is 11. The number of hydrogen-bond donors (Lipinski definition) is 1. The highest BCUT2D eigenvalue weighted by atomic mass is 19.4. The number of aromatic nitrogens is 1. The zero-order valence-corrected chi connectivity index (χ0v) is 21.8. The van der Waals surface area contributed by atoms with E-state index in [1.54, 1.807) is 30.3 Å². The largest absolute Gasteiger partial charge is 0.491 e. The lowest BCUT2D eigenvalue weighted by Gasteiger charge is -2.30. The molecule has 3 rings (SSSR count). The summed E-state index contributed by atoms with van der Waals surface area (Å²) in [6, 6.07) is 17.9. The van der Waals surface area contributed by atoms with Crippen molar-refractivity contribution in [3.8, 4) is 17.7 Å². The highest BCUT2D eigenvalue weighted by molar-refractivity contribution is 5.85. The first kappa shape index (κ1) is 29.4. The summed E-state index contributed by atoms with van der Waals surface area (Å²) in [4.78, 5) is 16.9. The molecule has 206 valence electrons. The van der Waals surface area contributed by atoms with Crippen LogP contribution in [0.4, 0.5) is 17.6 Å². The number of ether oxygens (including phenoxy) is 2. The maximum absolute atomic E-state index is 13.2. The molecule has 1 N–H and O–H groups in total. The first-order chi connectivity index (χ1) is 18.4. The second kappa shape index (κ2) is 12.6. The predicted octanol–water partition coefficient (Wildman–Crippen LogP) is 6.01. The Balaban J connectivity index is 1.78. The van der Waals surface area contributed by atoms with Gasteiger partial charge in [-0.1, -0.05) is 24.3 Å². The fraction of sp³-hybridized carbons (Fsp3) is 0.345. The van der Waals surface area contributed by atoms with Crippen LogP contribution in [-0.4, -0.2) is 35.8 Å². The van der Waals surface area contributed by atoms with Crippen molar-refractivity contribution in [1.82, 2.24) is 10.3 Å². The number of hydrogen-bond acceptors (Lipinski definition) is 5. The minimum Gasteiger partial charge on any atom is -0.491 e. The van der Waals surface area contributed by atoms with Gasteiger partial charge in [0.15, 0.2) is 5.60 Å². The number of carbonyl (C=O) groups is 1. The Morgan fingerprint density at radius 1 is 1.10 bits per heavy atom. The summed E-state index contributed by atoms with van der Waals surface area (Å²) in [7, 11) is 0. The molecule has 39 heavy (non-hydrogen) atoms. The summed E-state index contributed by atoms with van der Waals surface area (Å²) in [5.74, 6) is -0.325. The molecule has 1 aromatic heterocycles. The molecule has 2 aromatic carbocycles. The van der Waals surface area contributed by atoms with E-state index in [4.69, 9.17) is 9.47 Å². The van der Waals surface area contributed by atoms with Crippen molar-refractivity contribution in [2.24, 2.45) is 0 Å². The number of nitriles is 1. The van der Waals surface area contributed by atoms with Crippen molar-refractivity contribution in [3.63, 3.8) is 0 Å². The molecule has 0 aliphatic carbocycles. The predicted molar refractivity (Wildman–Crippen MR) is 137 cm³/mol. The fourth-order valence-electron chi connectivity index (χ4n) is 3.95. The molecule has 3 aromatic rings. The summed E-state index contributed by atoms with van der Waals surface area (Å²) in [6.45, 7) is 4.19. The molecule has 0 saturated heterocycles. The molecular weight excluding hydrogens is 513 g/mol. The topological polar surface area (TPSA) is 84.2 Å². The number of nitrogens with one attached hydrogen (secondary N) is 1. The van der Waals surface area contributed by atoms with Crippen LogP contribution < -0.4 is 14.8 Å². The van der Waals surface area contributed by atoms with E-state index in [-0.39, 0.29) is 18.4 Å². The first-order valence-corrected chi connectivity index (χ1v) is 12.2. The average molecular weight is 543 g/mol. The lowest BCUT2D eigenvalue weighted by atomic mass is 9.85. The van der Waals surface area contributed by atoms with Crippen molar-refractivity contribution in [2.45, 2.75) is 50.9 Å². The summed E-state index contributed by atoms with van der Waals surface area (Å²) < 4.78 is 61.8. The standard InChI is InChI=1S/C29H29F4N3O3/c1-19(36-27(37)28(2,3)39-26-12-9-23(18-35-26)29(31,32)33)25(22-6-4-5-21(15-22)17-34)16-20-7-10-24(11-8-20)38-14-13-30/h4-12,15,18-19,25H,13-14,16H2,1-3H3,(H,36,37)/t19-,25+/m0/s1/i30-1. The van der Waals surface area contributed by atoms with Crippen molar-refractivity contribution >= 4 is 5.91 Å². The Morgan fingerprint density at radius 2 is 1.82 bits per heavy atom. The van der Waals surface area contributed by atoms with Crippen LogP contribution in [0.3, 0.4) is 0 Å². The molecule has 1 heterocycles. The lowest BCUT2D eigenvalue weighted by molar-refractivity contribution is -0.138. The van der Waals surface area contributed by atoms with E-state index in [9.17, 15) is 27.6 Å². The number of carbonyl (C=O) groups excluding carboxylic acids is 1. The van der Waals surface area contributed by atoms with Gasteiger partial charge in [-0.2, -0.15) is 18.4 Å². The molecule has 2 atom stereocenters. The zero-order valence-electron chi connectivity index (χ0n) is 21.8. The molecule has 6 nitrogen and oxygen atoms in total. The quantitative estimate of drug-likeness (QED) is 0.300. The number of nitrogens with zero attached hydrogens (tertiary/aromatic N) is 2. The Bertz CT molecular complexity index is 1290. The summed E-state index contributed by atoms with van der Waals surface area (Å²) in [5, 5.41) is 12.3. The van der Waals surface area contributed by atoms with Gasteiger partial charge < -0.3 is 14.8 Å². The third kappa shape index (κ3) is 8.18. The van der Waals surface area contributed by atoms with E-state index in [1.807, 2.05) is 25.1 Å². The smallest absolute Gasteiger partial charge is 0.417 e. The number of pyridine rings is 1. The summed E-state index contributed by atoms with van der Waals surface area (Å²) in [5.41, 5.74) is -0.128. The van der Waals surface area contributed by atoms with E-state index in [0.29, 0.717) is 23.9 Å². The minimum absolute atomic E-state index is 0.0359. The Hall–Kier alpha value is -4.13. The van der Waals surface area contributed by atoms with Crippen LogP contribution in [-0.2, 0) is 17.4 Å². The molecule has 0 fully saturated rings. The van der Waals surface area contributed by atoms with Gasteiger partial charge in [0.25, 0.3) is 5.91 Å². The van der Waals surface area contributed by atoms with Gasteiger partial charge in [0.2, 0.25) is 5.88 Å². The number of amides is 1. The molecule has 0 bridgehead atoms. The number of benzene rings is 2. The molecule has 1 amide bonds. The molecule has 0 aliphatic rings. The average Bonchev–Trinajstić information content (AvgIpc) is 2.90. The first-order valence-electron chi connectivity index (χ1n) is 12.2. The molecule has 0 saturated carbocycles. The van der Waals surface area contributed by atoms with Gasteiger partial charge in [0, 0.05) is 24.2 Å². The molecule has 0 spiro atoms. The lowest BCUT2D eigenvalue weighted by Crippen LogP contribution is -2.51. The van der Waals surface area contributed by atoms with Crippen LogP contribution in [0, 0.1) is 11.3 Å². The maximum Gasteiger partial charge on any atom is 0.417 e. The monoisotopic (exact) mass is 542 g/mol. The van der Waals surface area contributed by atoms with Crippen molar-refractivity contribution < 1.29 is 31.8 Å². The van der Waals surface area contributed by atoms with Gasteiger partial charge in [-0.25, -0.2) is 9.37 Å². The summed E-state index contributed by atoms with van der Waals surface area (Å²) >= 11 is 0. The second-order valence-corrected chi connectivity index (χ2v) is 9.49. The molecule has 0 aliphatic heterocycles. The number of alkyl halides is 4. The second-order valence-electron chi connectivity index (χ2n) is 9.49. The van der Waals surface area contributed by atoms with Crippen molar-refractivity contribution in [1.29, 1.82) is 5.26 Å². The maximum atomic E-state index is 13.2. The Morgan fingerprint density at radius 3 is 2.41 bits per heavy atom.